The number of ether oxygens (including phenoxy) is 2. The molecule has 1 aliphatic rings. The fourth-order valence-electron chi connectivity index (χ4n) is 3.24. The molecule has 0 spiro atoms. The summed E-state index contributed by atoms with van der Waals surface area (Å²) in [5.41, 5.74) is 2.68. The van der Waals surface area contributed by atoms with Crippen molar-refractivity contribution < 1.29 is 14.3 Å². The fraction of sp³-hybridized carbons (Fsp3) is 0.333. The zero-order valence-electron chi connectivity index (χ0n) is 17.6. The van der Waals surface area contributed by atoms with Crippen LogP contribution in [0.5, 0.6) is 5.75 Å². The lowest BCUT2D eigenvalue weighted by molar-refractivity contribution is 0.0222. The van der Waals surface area contributed by atoms with E-state index in [9.17, 15) is 4.79 Å². The first kappa shape index (κ1) is 20.4. The molecule has 0 radical (unpaired) electrons. The second kappa shape index (κ2) is 8.48. The van der Waals surface area contributed by atoms with Crippen LogP contribution < -0.4 is 4.74 Å². The molecule has 0 atom stereocenters. The van der Waals surface area contributed by atoms with Crippen LogP contribution >= 0.6 is 11.3 Å². The van der Waals surface area contributed by atoms with Crippen molar-refractivity contribution in [1.29, 1.82) is 0 Å². The van der Waals surface area contributed by atoms with E-state index in [1.54, 1.807) is 16.2 Å². The maximum Gasteiger partial charge on any atom is 0.410 e. The van der Waals surface area contributed by atoms with Crippen molar-refractivity contribution in [2.45, 2.75) is 45.9 Å². The maximum absolute atomic E-state index is 12.4. The van der Waals surface area contributed by atoms with Gasteiger partial charge in [0.05, 0.1) is 12.2 Å². The van der Waals surface area contributed by atoms with E-state index in [4.69, 9.17) is 14.5 Å². The predicted molar refractivity (Wildman–Crippen MR) is 119 cm³/mol. The third-order valence-electron chi connectivity index (χ3n) is 4.73. The van der Waals surface area contributed by atoms with Crippen molar-refractivity contribution in [2.75, 3.05) is 6.54 Å². The van der Waals surface area contributed by atoms with Crippen LogP contribution in [0.15, 0.2) is 54.6 Å². The summed E-state index contributed by atoms with van der Waals surface area (Å²) in [7, 11) is 0. The van der Waals surface area contributed by atoms with Crippen molar-refractivity contribution >= 4 is 17.4 Å². The van der Waals surface area contributed by atoms with Crippen LogP contribution in [0.3, 0.4) is 0 Å². The average molecular weight is 423 g/mol. The molecule has 30 heavy (non-hydrogen) atoms. The van der Waals surface area contributed by atoms with Crippen molar-refractivity contribution in [3.8, 4) is 16.3 Å². The number of aromatic nitrogens is 1. The first-order valence-corrected chi connectivity index (χ1v) is 10.9. The molecule has 1 aromatic heterocycles. The zero-order valence-corrected chi connectivity index (χ0v) is 18.4. The smallest absolute Gasteiger partial charge is 0.410 e. The van der Waals surface area contributed by atoms with Crippen LogP contribution in [0.2, 0.25) is 0 Å². The van der Waals surface area contributed by atoms with E-state index in [1.165, 1.54) is 4.88 Å². The van der Waals surface area contributed by atoms with E-state index in [2.05, 4.69) is 12.1 Å². The highest BCUT2D eigenvalue weighted by molar-refractivity contribution is 7.15. The molecule has 0 N–H and O–H groups in total. The van der Waals surface area contributed by atoms with Crippen molar-refractivity contribution in [3.63, 3.8) is 0 Å². The average Bonchev–Trinajstić information content (AvgIpc) is 3.15. The van der Waals surface area contributed by atoms with Gasteiger partial charge in [-0.3, -0.25) is 0 Å². The number of carbonyl (C=O) groups excluding carboxylic acids is 1. The van der Waals surface area contributed by atoms with Gasteiger partial charge in [0.25, 0.3) is 0 Å². The fourth-order valence-corrected chi connectivity index (χ4v) is 4.30. The normalized spacial score (nSPS) is 13.6. The molecule has 156 valence electrons. The van der Waals surface area contributed by atoms with Gasteiger partial charge in [-0.1, -0.05) is 30.3 Å². The Morgan fingerprint density at radius 3 is 2.53 bits per heavy atom. The summed E-state index contributed by atoms with van der Waals surface area (Å²) in [6, 6.07) is 18.2. The maximum atomic E-state index is 12.4. The Bertz CT molecular complexity index is 1010. The number of amides is 1. The molecule has 0 saturated heterocycles. The van der Waals surface area contributed by atoms with Crippen LogP contribution in [0.1, 0.15) is 36.9 Å². The van der Waals surface area contributed by atoms with E-state index < -0.39 is 5.60 Å². The summed E-state index contributed by atoms with van der Waals surface area (Å²) in [6.07, 6.45) is 0.535. The molecule has 2 aromatic carbocycles. The van der Waals surface area contributed by atoms with Crippen molar-refractivity contribution in [3.05, 3.63) is 70.7 Å². The Hall–Kier alpha value is -2.86. The topological polar surface area (TPSA) is 51.7 Å². The van der Waals surface area contributed by atoms with E-state index in [0.717, 1.165) is 34.0 Å². The van der Waals surface area contributed by atoms with Gasteiger partial charge in [-0.2, -0.15) is 0 Å². The summed E-state index contributed by atoms with van der Waals surface area (Å²) in [6.45, 7) is 7.36. The number of hydrogen-bond acceptors (Lipinski definition) is 5. The van der Waals surface area contributed by atoms with E-state index in [1.807, 2.05) is 63.2 Å². The third-order valence-corrected chi connectivity index (χ3v) is 5.94. The second-order valence-electron chi connectivity index (χ2n) is 8.34. The monoisotopic (exact) mass is 422 g/mol. The first-order valence-electron chi connectivity index (χ1n) is 10.1. The number of rotatable bonds is 4. The molecular weight excluding hydrogens is 396 g/mol. The number of fused-ring (bicyclic) bond motifs is 1. The first-order chi connectivity index (χ1) is 14.4. The third kappa shape index (κ3) is 5.00. The van der Waals surface area contributed by atoms with Crippen molar-refractivity contribution in [2.24, 2.45) is 0 Å². The molecule has 1 aliphatic heterocycles. The second-order valence-corrected chi connectivity index (χ2v) is 9.42. The van der Waals surface area contributed by atoms with Gasteiger partial charge in [-0.15, -0.1) is 11.3 Å². The lowest BCUT2D eigenvalue weighted by atomic mass is 10.2. The molecule has 5 nitrogen and oxygen atoms in total. The lowest BCUT2D eigenvalue weighted by Crippen LogP contribution is -2.39. The van der Waals surface area contributed by atoms with Crippen LogP contribution in [0, 0.1) is 0 Å². The Balaban J connectivity index is 1.41. The number of nitrogens with zero attached hydrogens (tertiary/aromatic N) is 2. The van der Waals surface area contributed by atoms with Crippen molar-refractivity contribution in [1.82, 2.24) is 9.88 Å². The number of carbonyl (C=O) groups is 1. The zero-order chi connectivity index (χ0) is 21.1. The largest absolute Gasteiger partial charge is 0.489 e. The lowest BCUT2D eigenvalue weighted by Gasteiger charge is -2.29. The minimum Gasteiger partial charge on any atom is -0.489 e. The van der Waals surface area contributed by atoms with E-state index >= 15 is 0 Å². The molecule has 3 aromatic rings. The summed E-state index contributed by atoms with van der Waals surface area (Å²) < 4.78 is 11.4. The molecule has 0 fully saturated rings. The van der Waals surface area contributed by atoms with Crippen LogP contribution in [-0.2, 0) is 24.3 Å². The van der Waals surface area contributed by atoms with E-state index in [-0.39, 0.29) is 6.09 Å². The van der Waals surface area contributed by atoms with Gasteiger partial charge in [0, 0.05) is 23.4 Å². The highest BCUT2D eigenvalue weighted by atomic mass is 32.1. The summed E-state index contributed by atoms with van der Waals surface area (Å²) in [4.78, 5) is 20.1. The Labute approximate surface area is 181 Å². The number of thiazole rings is 1. The summed E-state index contributed by atoms with van der Waals surface area (Å²) >= 11 is 1.70. The molecule has 0 saturated carbocycles. The van der Waals surface area contributed by atoms with Gasteiger partial charge < -0.3 is 14.4 Å². The minimum atomic E-state index is -0.491. The summed E-state index contributed by atoms with van der Waals surface area (Å²) in [5.74, 6) is 0.833. The molecule has 4 rings (SSSR count). The molecule has 0 unspecified atom stereocenters. The molecule has 0 aliphatic carbocycles. The van der Waals surface area contributed by atoms with Gasteiger partial charge in [-0.05, 0) is 50.6 Å². The van der Waals surface area contributed by atoms with Gasteiger partial charge >= 0.3 is 6.09 Å². The van der Waals surface area contributed by atoms with Gasteiger partial charge in [0.2, 0.25) is 0 Å². The number of benzene rings is 2. The van der Waals surface area contributed by atoms with Crippen LogP contribution in [0.4, 0.5) is 4.79 Å². The Morgan fingerprint density at radius 1 is 1.10 bits per heavy atom. The highest BCUT2D eigenvalue weighted by Crippen LogP contribution is 2.33. The molecule has 0 bridgehead atoms. The quantitative estimate of drug-likeness (QED) is 0.543. The molecule has 2 heterocycles. The Kier molecular flexibility index (Phi) is 5.77. The van der Waals surface area contributed by atoms with Gasteiger partial charge in [0.1, 0.15) is 23.0 Å². The number of hydrogen-bond donors (Lipinski definition) is 0. The highest BCUT2D eigenvalue weighted by Gasteiger charge is 2.28. The van der Waals surface area contributed by atoms with Gasteiger partial charge in [-0.25, -0.2) is 9.78 Å². The molecular formula is C24H26N2O3S. The minimum absolute atomic E-state index is 0.275. The summed E-state index contributed by atoms with van der Waals surface area (Å²) in [5, 5.41) is 0.973. The predicted octanol–water partition coefficient (Wildman–Crippen LogP) is 5.68. The molecule has 1 amide bonds. The molecule has 6 heteroatoms. The SMILES string of the molecule is CC(C)(C)OC(=O)N1CCc2sc(-c3ccc(OCc4ccccc4)cc3)nc2C1. The standard InChI is InChI=1S/C24H26N2O3S/c1-24(2,3)29-23(27)26-14-13-21-20(15-26)25-22(30-21)18-9-11-19(12-10-18)28-16-17-7-5-4-6-8-17/h4-12H,13-16H2,1-3H3. The Morgan fingerprint density at radius 2 is 1.83 bits per heavy atom. The van der Waals surface area contributed by atoms with Gasteiger partial charge in [0.15, 0.2) is 0 Å². The van der Waals surface area contributed by atoms with Crippen LogP contribution in [0.25, 0.3) is 10.6 Å². The van der Waals surface area contributed by atoms with E-state index in [0.29, 0.717) is 19.7 Å². The van der Waals surface area contributed by atoms with Crippen LogP contribution in [-0.4, -0.2) is 28.1 Å².